The molecule has 0 aliphatic heterocycles. The number of allylic oxidation sites excluding steroid dienone is 4. The summed E-state index contributed by atoms with van der Waals surface area (Å²) in [5.41, 5.74) is 0. The second kappa shape index (κ2) is 11.2. The maximum Gasteiger partial charge on any atom is 0.152 e. The lowest BCUT2D eigenvalue weighted by molar-refractivity contribution is -0.112. The van der Waals surface area contributed by atoms with E-state index in [-0.39, 0.29) is 5.78 Å². The Morgan fingerprint density at radius 3 is 2.00 bits per heavy atom. The number of hydrogen-bond acceptors (Lipinski definition) is 1. The Morgan fingerprint density at radius 1 is 0.933 bits per heavy atom. The third-order valence-electron chi connectivity index (χ3n) is 2.33. The normalized spacial score (nSPS) is 11.6. The van der Waals surface area contributed by atoms with E-state index in [0.29, 0.717) is 0 Å². The Hall–Kier alpha value is -0.850. The molecule has 86 valence electrons. The average molecular weight is 208 g/mol. The van der Waals surface area contributed by atoms with Crippen LogP contribution in [0, 0.1) is 0 Å². The highest BCUT2D eigenvalue weighted by Crippen LogP contribution is 2.07. The molecule has 0 aromatic heterocycles. The molecule has 0 atom stereocenters. The molecule has 0 radical (unpaired) electrons. The van der Waals surface area contributed by atoms with Crippen LogP contribution in [0.4, 0.5) is 0 Å². The number of ketones is 1. The molecule has 0 aromatic carbocycles. The Balaban J connectivity index is 3.08. The molecule has 0 amide bonds. The van der Waals surface area contributed by atoms with Crippen LogP contribution in [0.2, 0.25) is 0 Å². The molecule has 0 bridgehead atoms. The van der Waals surface area contributed by atoms with Gasteiger partial charge < -0.3 is 0 Å². The van der Waals surface area contributed by atoms with Gasteiger partial charge in [0.05, 0.1) is 0 Å². The van der Waals surface area contributed by atoms with Crippen LogP contribution in [0.15, 0.2) is 24.3 Å². The van der Waals surface area contributed by atoms with Crippen molar-refractivity contribution in [3.8, 4) is 0 Å². The molecular formula is C14H24O. The molecule has 0 heterocycles. The summed E-state index contributed by atoms with van der Waals surface area (Å²) in [6.45, 7) is 3.67. The highest BCUT2D eigenvalue weighted by molar-refractivity contribution is 5.87. The molecule has 0 aromatic rings. The molecule has 0 spiro atoms. The Morgan fingerprint density at radius 2 is 1.47 bits per heavy atom. The number of hydrogen-bond donors (Lipinski definition) is 0. The molecule has 0 unspecified atom stereocenters. The van der Waals surface area contributed by atoms with Gasteiger partial charge in [-0.15, -0.1) is 0 Å². The first kappa shape index (κ1) is 14.2. The molecule has 0 rings (SSSR count). The minimum atomic E-state index is 0.154. The van der Waals surface area contributed by atoms with E-state index in [1.54, 1.807) is 13.0 Å². The molecule has 15 heavy (non-hydrogen) atoms. The number of carbonyl (C=O) groups excluding carboxylic acids is 1. The minimum absolute atomic E-state index is 0.154. The second-order valence-electron chi connectivity index (χ2n) is 3.93. The Kier molecular flexibility index (Phi) is 10.6. The molecule has 1 nitrogen and oxygen atoms in total. The second-order valence-corrected chi connectivity index (χ2v) is 3.93. The SMILES string of the molecule is CC=CCCCCCCCC=CC(C)=O. The zero-order valence-corrected chi connectivity index (χ0v) is 10.2. The first-order valence-electron chi connectivity index (χ1n) is 6.05. The monoisotopic (exact) mass is 208 g/mol. The third kappa shape index (κ3) is 13.2. The van der Waals surface area contributed by atoms with Crippen molar-refractivity contribution >= 4 is 5.78 Å². The fraction of sp³-hybridized carbons (Fsp3) is 0.643. The van der Waals surface area contributed by atoms with Crippen LogP contribution >= 0.6 is 0 Å². The van der Waals surface area contributed by atoms with Crippen molar-refractivity contribution < 1.29 is 4.79 Å². The first-order valence-corrected chi connectivity index (χ1v) is 6.05. The van der Waals surface area contributed by atoms with E-state index in [0.717, 1.165) is 6.42 Å². The van der Waals surface area contributed by atoms with Crippen molar-refractivity contribution in [2.75, 3.05) is 0 Å². The molecule has 0 aliphatic rings. The summed E-state index contributed by atoms with van der Waals surface area (Å²) >= 11 is 0. The predicted octanol–water partition coefficient (Wildman–Crippen LogP) is 4.44. The summed E-state index contributed by atoms with van der Waals surface area (Å²) in [4.78, 5) is 10.6. The number of rotatable bonds is 9. The van der Waals surface area contributed by atoms with Crippen LogP contribution in [-0.4, -0.2) is 5.78 Å². The lowest BCUT2D eigenvalue weighted by Gasteiger charge is -1.97. The van der Waals surface area contributed by atoms with E-state index in [9.17, 15) is 4.79 Å². The first-order chi connectivity index (χ1) is 7.27. The van der Waals surface area contributed by atoms with Gasteiger partial charge in [0.15, 0.2) is 5.78 Å². The lowest BCUT2D eigenvalue weighted by atomic mass is 10.1. The van der Waals surface area contributed by atoms with Crippen molar-refractivity contribution in [1.29, 1.82) is 0 Å². The summed E-state index contributed by atoms with van der Waals surface area (Å²) in [5, 5.41) is 0. The maximum absolute atomic E-state index is 10.6. The van der Waals surface area contributed by atoms with Gasteiger partial charge in [-0.3, -0.25) is 4.79 Å². The fourth-order valence-corrected chi connectivity index (χ4v) is 1.47. The lowest BCUT2D eigenvalue weighted by Crippen LogP contribution is -1.81. The largest absolute Gasteiger partial charge is 0.295 e. The van der Waals surface area contributed by atoms with E-state index < -0.39 is 0 Å². The van der Waals surface area contributed by atoms with Gasteiger partial charge >= 0.3 is 0 Å². The van der Waals surface area contributed by atoms with Crippen LogP contribution < -0.4 is 0 Å². The molecule has 0 saturated carbocycles. The van der Waals surface area contributed by atoms with E-state index in [1.807, 2.05) is 6.08 Å². The van der Waals surface area contributed by atoms with Crippen molar-refractivity contribution in [3.05, 3.63) is 24.3 Å². The van der Waals surface area contributed by atoms with E-state index in [1.165, 1.54) is 38.5 Å². The van der Waals surface area contributed by atoms with Gasteiger partial charge in [0.1, 0.15) is 0 Å². The predicted molar refractivity (Wildman–Crippen MR) is 67.0 cm³/mol. The molecule has 1 heteroatoms. The molecule has 0 aliphatic carbocycles. The molecule has 0 N–H and O–H groups in total. The molecular weight excluding hydrogens is 184 g/mol. The topological polar surface area (TPSA) is 17.1 Å². The van der Waals surface area contributed by atoms with Gasteiger partial charge in [-0.2, -0.15) is 0 Å². The van der Waals surface area contributed by atoms with E-state index >= 15 is 0 Å². The standard InChI is InChI=1S/C14H24O/c1-3-4-5-6-7-8-9-10-11-12-13-14(2)15/h3-4,12-13H,5-11H2,1-2H3. The minimum Gasteiger partial charge on any atom is -0.295 e. The van der Waals surface area contributed by atoms with Crippen LogP contribution in [0.1, 0.15) is 58.8 Å². The zero-order valence-electron chi connectivity index (χ0n) is 10.2. The van der Waals surface area contributed by atoms with Gasteiger partial charge in [-0.05, 0) is 45.6 Å². The van der Waals surface area contributed by atoms with Crippen molar-refractivity contribution in [1.82, 2.24) is 0 Å². The summed E-state index contributed by atoms with van der Waals surface area (Å²) in [6, 6.07) is 0. The van der Waals surface area contributed by atoms with Gasteiger partial charge in [-0.25, -0.2) is 0 Å². The summed E-state index contributed by atoms with van der Waals surface area (Å²) in [7, 11) is 0. The molecule has 0 fully saturated rings. The Labute approximate surface area is 94.3 Å². The number of unbranched alkanes of at least 4 members (excludes halogenated alkanes) is 6. The zero-order chi connectivity index (χ0) is 11.4. The quantitative estimate of drug-likeness (QED) is 0.311. The highest BCUT2D eigenvalue weighted by atomic mass is 16.1. The average Bonchev–Trinajstić information content (AvgIpc) is 2.20. The smallest absolute Gasteiger partial charge is 0.152 e. The van der Waals surface area contributed by atoms with Gasteiger partial charge in [0.25, 0.3) is 0 Å². The van der Waals surface area contributed by atoms with Gasteiger partial charge in [0.2, 0.25) is 0 Å². The molecule has 0 saturated heterocycles. The fourth-order valence-electron chi connectivity index (χ4n) is 1.47. The summed E-state index contributed by atoms with van der Waals surface area (Å²) < 4.78 is 0. The number of carbonyl (C=O) groups is 1. The Bertz CT molecular complexity index is 201. The van der Waals surface area contributed by atoms with Crippen LogP contribution in [0.25, 0.3) is 0 Å². The van der Waals surface area contributed by atoms with Gasteiger partial charge in [0, 0.05) is 0 Å². The third-order valence-corrected chi connectivity index (χ3v) is 2.33. The van der Waals surface area contributed by atoms with Crippen molar-refractivity contribution in [2.24, 2.45) is 0 Å². The maximum atomic E-state index is 10.6. The van der Waals surface area contributed by atoms with E-state index in [4.69, 9.17) is 0 Å². The van der Waals surface area contributed by atoms with E-state index in [2.05, 4.69) is 19.1 Å². The summed E-state index contributed by atoms with van der Waals surface area (Å²) in [5.74, 6) is 0.154. The highest BCUT2D eigenvalue weighted by Gasteiger charge is 1.89. The van der Waals surface area contributed by atoms with Crippen LogP contribution in [0.5, 0.6) is 0 Å². The van der Waals surface area contributed by atoms with Crippen molar-refractivity contribution in [2.45, 2.75) is 58.8 Å². The summed E-state index contributed by atoms with van der Waals surface area (Å²) in [6.07, 6.45) is 16.8. The van der Waals surface area contributed by atoms with Crippen LogP contribution in [0.3, 0.4) is 0 Å². The van der Waals surface area contributed by atoms with Gasteiger partial charge in [-0.1, -0.05) is 37.5 Å². The van der Waals surface area contributed by atoms with Crippen LogP contribution in [-0.2, 0) is 4.79 Å². The van der Waals surface area contributed by atoms with Crippen molar-refractivity contribution in [3.63, 3.8) is 0 Å².